The molecule has 2 unspecified atom stereocenters. The lowest BCUT2D eigenvalue weighted by molar-refractivity contribution is 0.153. The fraction of sp³-hybridized carbons (Fsp3) is 0.250. The summed E-state index contributed by atoms with van der Waals surface area (Å²) in [6.07, 6.45) is 1.59. The van der Waals surface area contributed by atoms with E-state index in [4.69, 9.17) is 0 Å². The minimum atomic E-state index is -0.349. The smallest absolute Gasteiger partial charge is 0.0796 e. The molecule has 1 aliphatic carbocycles. The van der Waals surface area contributed by atoms with Crippen molar-refractivity contribution in [3.05, 3.63) is 68.8 Å². The third kappa shape index (κ3) is 2.31. The van der Waals surface area contributed by atoms with E-state index in [0.717, 1.165) is 18.4 Å². The van der Waals surface area contributed by atoms with E-state index in [-0.39, 0.29) is 6.10 Å². The number of hydrogen-bond donors (Lipinski definition) is 1. The van der Waals surface area contributed by atoms with Gasteiger partial charge in [-0.1, -0.05) is 36.4 Å². The quantitative estimate of drug-likeness (QED) is 0.828. The molecule has 0 spiro atoms. The van der Waals surface area contributed by atoms with Gasteiger partial charge in [-0.25, -0.2) is 0 Å². The van der Waals surface area contributed by atoms with Crippen LogP contribution in [-0.4, -0.2) is 5.11 Å². The molecule has 2 aromatic carbocycles. The van der Waals surface area contributed by atoms with Crippen LogP contribution >= 0.6 is 22.6 Å². The number of halogens is 1. The molecule has 0 amide bonds. The predicted octanol–water partition coefficient (Wildman–Crippen LogP) is 4.05. The van der Waals surface area contributed by atoms with Crippen LogP contribution in [0.1, 0.15) is 35.1 Å². The van der Waals surface area contributed by atoms with Crippen LogP contribution in [-0.2, 0) is 6.42 Å². The molecule has 0 bridgehead atoms. The van der Waals surface area contributed by atoms with Crippen molar-refractivity contribution in [1.29, 1.82) is 0 Å². The first-order valence-electron chi connectivity index (χ1n) is 6.25. The third-order valence-corrected chi connectivity index (χ3v) is 4.37. The average Bonchev–Trinajstić information content (AvgIpc) is 2.36. The Balaban J connectivity index is 1.72. The molecule has 2 aromatic rings. The Kier molecular flexibility index (Phi) is 3.39. The first kappa shape index (κ1) is 12.2. The topological polar surface area (TPSA) is 20.2 Å². The fourth-order valence-corrected chi connectivity index (χ4v) is 3.26. The molecule has 92 valence electrons. The molecule has 2 heteroatoms. The van der Waals surface area contributed by atoms with Gasteiger partial charge in [-0.15, -0.1) is 0 Å². The van der Waals surface area contributed by atoms with E-state index in [1.54, 1.807) is 0 Å². The summed E-state index contributed by atoms with van der Waals surface area (Å²) in [5.41, 5.74) is 3.89. The summed E-state index contributed by atoms with van der Waals surface area (Å²) in [5, 5.41) is 10.3. The van der Waals surface area contributed by atoms with E-state index in [0.29, 0.717) is 5.92 Å². The molecule has 0 aromatic heterocycles. The van der Waals surface area contributed by atoms with E-state index in [1.165, 1.54) is 14.7 Å². The Labute approximate surface area is 121 Å². The predicted molar refractivity (Wildman–Crippen MR) is 81.6 cm³/mol. The monoisotopic (exact) mass is 350 g/mol. The largest absolute Gasteiger partial charge is 0.388 e. The summed E-state index contributed by atoms with van der Waals surface area (Å²) in [5.74, 6) is 0.522. The van der Waals surface area contributed by atoms with E-state index in [2.05, 4.69) is 59.0 Å². The Morgan fingerprint density at radius 3 is 2.78 bits per heavy atom. The minimum absolute atomic E-state index is 0.349. The van der Waals surface area contributed by atoms with Gasteiger partial charge in [0.1, 0.15) is 0 Å². The second kappa shape index (κ2) is 5.02. The second-order valence-electron chi connectivity index (χ2n) is 4.91. The molecule has 2 atom stereocenters. The van der Waals surface area contributed by atoms with Gasteiger partial charge in [0.05, 0.1) is 6.10 Å². The van der Waals surface area contributed by atoms with Crippen LogP contribution in [0.25, 0.3) is 0 Å². The van der Waals surface area contributed by atoms with Gasteiger partial charge in [0.25, 0.3) is 0 Å². The van der Waals surface area contributed by atoms with Gasteiger partial charge in [-0.2, -0.15) is 0 Å². The first-order chi connectivity index (χ1) is 8.74. The Bertz CT molecular complexity index is 565. The highest BCUT2D eigenvalue weighted by molar-refractivity contribution is 14.1. The maximum absolute atomic E-state index is 10.3. The van der Waals surface area contributed by atoms with Crippen molar-refractivity contribution in [3.63, 3.8) is 0 Å². The van der Waals surface area contributed by atoms with E-state index < -0.39 is 0 Å². The van der Waals surface area contributed by atoms with Crippen LogP contribution < -0.4 is 0 Å². The molecule has 0 saturated heterocycles. The molecule has 0 aliphatic heterocycles. The van der Waals surface area contributed by atoms with Gasteiger partial charge >= 0.3 is 0 Å². The summed E-state index contributed by atoms with van der Waals surface area (Å²) in [6, 6.07) is 16.7. The lowest BCUT2D eigenvalue weighted by Gasteiger charge is -2.31. The summed E-state index contributed by atoms with van der Waals surface area (Å²) < 4.78 is 1.18. The number of aliphatic hydroxyl groups excluding tert-OH is 1. The van der Waals surface area contributed by atoms with Crippen molar-refractivity contribution in [3.8, 4) is 0 Å². The summed E-state index contributed by atoms with van der Waals surface area (Å²) in [7, 11) is 0. The van der Waals surface area contributed by atoms with Gasteiger partial charge in [-0.3, -0.25) is 0 Å². The molecular weight excluding hydrogens is 335 g/mol. The SMILES string of the molecule is OC(CC1Cc2ccccc21)c1cccc(I)c1. The van der Waals surface area contributed by atoms with Crippen molar-refractivity contribution >= 4 is 22.6 Å². The molecule has 1 N–H and O–H groups in total. The number of rotatable bonds is 3. The van der Waals surface area contributed by atoms with Crippen molar-refractivity contribution in [2.75, 3.05) is 0 Å². The van der Waals surface area contributed by atoms with E-state index in [1.807, 2.05) is 12.1 Å². The molecule has 1 nitrogen and oxygen atoms in total. The van der Waals surface area contributed by atoms with Gasteiger partial charge in [-0.05, 0) is 70.2 Å². The number of fused-ring (bicyclic) bond motifs is 1. The van der Waals surface area contributed by atoms with Crippen molar-refractivity contribution in [2.45, 2.75) is 24.9 Å². The Morgan fingerprint density at radius 1 is 1.17 bits per heavy atom. The zero-order chi connectivity index (χ0) is 12.5. The Hall–Kier alpha value is -0.870. The van der Waals surface area contributed by atoms with Crippen LogP contribution in [0.5, 0.6) is 0 Å². The molecule has 18 heavy (non-hydrogen) atoms. The second-order valence-corrected chi connectivity index (χ2v) is 6.15. The van der Waals surface area contributed by atoms with Crippen molar-refractivity contribution in [1.82, 2.24) is 0 Å². The number of benzene rings is 2. The van der Waals surface area contributed by atoms with Crippen molar-refractivity contribution < 1.29 is 5.11 Å². The highest BCUT2D eigenvalue weighted by Gasteiger charge is 2.27. The van der Waals surface area contributed by atoms with E-state index in [9.17, 15) is 5.11 Å². The lowest BCUT2D eigenvalue weighted by Crippen LogP contribution is -2.19. The summed E-state index contributed by atoms with van der Waals surface area (Å²) in [6.45, 7) is 0. The van der Waals surface area contributed by atoms with Gasteiger partial charge in [0.2, 0.25) is 0 Å². The highest BCUT2D eigenvalue weighted by atomic mass is 127. The molecule has 0 heterocycles. The van der Waals surface area contributed by atoms with Crippen LogP contribution in [0, 0.1) is 3.57 Å². The number of aliphatic hydroxyl groups is 1. The molecule has 3 rings (SSSR count). The maximum atomic E-state index is 10.3. The standard InChI is InChI=1S/C16H15IO/c17-14-6-3-5-12(9-14)16(18)10-13-8-11-4-1-2-7-15(11)13/h1-7,9,13,16,18H,8,10H2. The number of hydrogen-bond acceptors (Lipinski definition) is 1. The Morgan fingerprint density at radius 2 is 2.00 bits per heavy atom. The van der Waals surface area contributed by atoms with Gasteiger partial charge in [0.15, 0.2) is 0 Å². The van der Waals surface area contributed by atoms with Crippen LogP contribution in [0.3, 0.4) is 0 Å². The van der Waals surface area contributed by atoms with Crippen LogP contribution in [0.4, 0.5) is 0 Å². The molecule has 0 fully saturated rings. The first-order valence-corrected chi connectivity index (χ1v) is 7.33. The fourth-order valence-electron chi connectivity index (χ4n) is 2.69. The zero-order valence-electron chi connectivity index (χ0n) is 10.0. The van der Waals surface area contributed by atoms with Crippen LogP contribution in [0.15, 0.2) is 48.5 Å². The average molecular weight is 350 g/mol. The molecule has 0 saturated carbocycles. The van der Waals surface area contributed by atoms with Crippen LogP contribution in [0.2, 0.25) is 0 Å². The van der Waals surface area contributed by atoms with E-state index >= 15 is 0 Å². The lowest BCUT2D eigenvalue weighted by atomic mass is 9.74. The molecule has 1 aliphatic rings. The maximum Gasteiger partial charge on any atom is 0.0796 e. The van der Waals surface area contributed by atoms with Crippen molar-refractivity contribution in [2.24, 2.45) is 0 Å². The zero-order valence-corrected chi connectivity index (χ0v) is 12.2. The van der Waals surface area contributed by atoms with Gasteiger partial charge in [0, 0.05) is 3.57 Å². The highest BCUT2D eigenvalue weighted by Crippen LogP contribution is 2.40. The molecule has 0 radical (unpaired) electrons. The summed E-state index contributed by atoms with van der Waals surface area (Å²) >= 11 is 2.28. The molecular formula is C16H15IO. The normalized spacial score (nSPS) is 18.9. The summed E-state index contributed by atoms with van der Waals surface area (Å²) in [4.78, 5) is 0. The third-order valence-electron chi connectivity index (χ3n) is 3.70. The van der Waals surface area contributed by atoms with Gasteiger partial charge < -0.3 is 5.11 Å². The minimum Gasteiger partial charge on any atom is -0.388 e.